The van der Waals surface area contributed by atoms with Gasteiger partial charge in [-0.05, 0) is 50.9 Å². The van der Waals surface area contributed by atoms with Crippen molar-refractivity contribution in [2.45, 2.75) is 46.0 Å². The van der Waals surface area contributed by atoms with Crippen molar-refractivity contribution >= 4 is 5.82 Å². The molecule has 0 aliphatic heterocycles. The summed E-state index contributed by atoms with van der Waals surface area (Å²) in [6.07, 6.45) is 6.63. The number of aryl methyl sites for hydroxylation is 2. The van der Waals surface area contributed by atoms with E-state index < -0.39 is 0 Å². The second-order valence-electron chi connectivity index (χ2n) is 5.91. The predicted molar refractivity (Wildman–Crippen MR) is 73.8 cm³/mol. The molecule has 98 valence electrons. The lowest BCUT2D eigenvalue weighted by Gasteiger charge is -2.24. The van der Waals surface area contributed by atoms with Crippen LogP contribution in [0.3, 0.4) is 0 Å². The summed E-state index contributed by atoms with van der Waals surface area (Å²) in [5, 5.41) is 0. The van der Waals surface area contributed by atoms with E-state index in [1.165, 1.54) is 44.5 Å². The van der Waals surface area contributed by atoms with Crippen molar-refractivity contribution in [2.24, 2.45) is 11.8 Å². The van der Waals surface area contributed by atoms with Crippen LogP contribution < -0.4 is 4.90 Å². The molecule has 0 radical (unpaired) electrons. The topological polar surface area (TPSA) is 29.0 Å². The molecule has 2 fully saturated rings. The van der Waals surface area contributed by atoms with E-state index in [2.05, 4.69) is 27.9 Å². The molecule has 0 saturated heterocycles. The van der Waals surface area contributed by atoms with Gasteiger partial charge in [0, 0.05) is 24.8 Å². The van der Waals surface area contributed by atoms with Gasteiger partial charge in [-0.25, -0.2) is 9.97 Å². The summed E-state index contributed by atoms with van der Waals surface area (Å²) >= 11 is 0. The quantitative estimate of drug-likeness (QED) is 0.771. The molecule has 2 aliphatic rings. The van der Waals surface area contributed by atoms with E-state index in [0.29, 0.717) is 0 Å². The average molecular weight is 245 g/mol. The third kappa shape index (κ3) is 3.01. The van der Waals surface area contributed by atoms with Gasteiger partial charge in [-0.3, -0.25) is 0 Å². The molecule has 1 aromatic heterocycles. The first-order valence-corrected chi connectivity index (χ1v) is 7.34. The van der Waals surface area contributed by atoms with Crippen LogP contribution in [0.5, 0.6) is 0 Å². The van der Waals surface area contributed by atoms with Crippen LogP contribution in [0.25, 0.3) is 0 Å². The Kier molecular flexibility index (Phi) is 3.23. The van der Waals surface area contributed by atoms with Crippen LogP contribution in [-0.4, -0.2) is 23.1 Å². The molecule has 0 atom stereocenters. The van der Waals surface area contributed by atoms with Crippen LogP contribution in [0, 0.1) is 18.8 Å². The highest BCUT2D eigenvalue weighted by molar-refractivity contribution is 5.40. The van der Waals surface area contributed by atoms with Crippen molar-refractivity contribution in [3.8, 4) is 0 Å². The van der Waals surface area contributed by atoms with E-state index in [9.17, 15) is 0 Å². The van der Waals surface area contributed by atoms with Gasteiger partial charge < -0.3 is 4.90 Å². The Morgan fingerprint density at radius 1 is 1.11 bits per heavy atom. The van der Waals surface area contributed by atoms with Crippen molar-refractivity contribution in [2.75, 3.05) is 18.0 Å². The van der Waals surface area contributed by atoms with Gasteiger partial charge in [-0.1, -0.05) is 6.92 Å². The van der Waals surface area contributed by atoms with E-state index in [-0.39, 0.29) is 0 Å². The fraction of sp³-hybridized carbons (Fsp3) is 0.733. The van der Waals surface area contributed by atoms with Gasteiger partial charge in [0.1, 0.15) is 11.6 Å². The first kappa shape index (κ1) is 11.9. The smallest absolute Gasteiger partial charge is 0.132 e. The SMILES string of the molecule is CCc1cc(N(CC2CC2)CC2CC2)nc(C)n1. The van der Waals surface area contributed by atoms with Gasteiger partial charge >= 0.3 is 0 Å². The highest BCUT2D eigenvalue weighted by atomic mass is 15.2. The number of anilines is 1. The Hall–Kier alpha value is -1.12. The highest BCUT2D eigenvalue weighted by Gasteiger charge is 2.30. The summed E-state index contributed by atoms with van der Waals surface area (Å²) in [5.74, 6) is 3.92. The summed E-state index contributed by atoms with van der Waals surface area (Å²) < 4.78 is 0. The third-order valence-corrected chi connectivity index (χ3v) is 3.91. The molecule has 2 aliphatic carbocycles. The maximum absolute atomic E-state index is 4.66. The lowest BCUT2D eigenvalue weighted by molar-refractivity contribution is 0.667. The summed E-state index contributed by atoms with van der Waals surface area (Å²) in [4.78, 5) is 11.7. The number of aromatic nitrogens is 2. The third-order valence-electron chi connectivity index (χ3n) is 3.91. The summed E-state index contributed by atoms with van der Waals surface area (Å²) in [6.45, 7) is 6.58. The average Bonchev–Trinajstić information content (AvgIpc) is 3.22. The second kappa shape index (κ2) is 4.87. The molecule has 1 aromatic rings. The molecule has 0 aromatic carbocycles. The Morgan fingerprint density at radius 2 is 1.72 bits per heavy atom. The minimum atomic E-state index is 0.918. The molecule has 2 saturated carbocycles. The van der Waals surface area contributed by atoms with Gasteiger partial charge in [-0.2, -0.15) is 0 Å². The van der Waals surface area contributed by atoms with Crippen LogP contribution >= 0.6 is 0 Å². The number of nitrogens with zero attached hydrogens (tertiary/aromatic N) is 3. The van der Waals surface area contributed by atoms with Gasteiger partial charge in [0.2, 0.25) is 0 Å². The van der Waals surface area contributed by atoms with Crippen LogP contribution in [0.15, 0.2) is 6.07 Å². The van der Waals surface area contributed by atoms with Gasteiger partial charge in [0.05, 0.1) is 0 Å². The molecule has 0 amide bonds. The summed E-state index contributed by atoms with van der Waals surface area (Å²) in [7, 11) is 0. The van der Waals surface area contributed by atoms with E-state index in [4.69, 9.17) is 0 Å². The molecule has 0 spiro atoms. The summed E-state index contributed by atoms with van der Waals surface area (Å²) in [5.41, 5.74) is 1.18. The number of hydrogen-bond acceptors (Lipinski definition) is 3. The van der Waals surface area contributed by atoms with Gasteiger partial charge in [0.15, 0.2) is 0 Å². The Morgan fingerprint density at radius 3 is 2.22 bits per heavy atom. The van der Waals surface area contributed by atoms with E-state index in [1.807, 2.05) is 6.92 Å². The number of hydrogen-bond donors (Lipinski definition) is 0. The molecule has 0 N–H and O–H groups in total. The molecule has 3 heteroatoms. The molecule has 0 unspecified atom stereocenters. The second-order valence-corrected chi connectivity index (χ2v) is 5.91. The largest absolute Gasteiger partial charge is 0.356 e. The van der Waals surface area contributed by atoms with Crippen molar-refractivity contribution in [3.63, 3.8) is 0 Å². The zero-order valence-electron chi connectivity index (χ0n) is 11.5. The Labute approximate surface area is 110 Å². The van der Waals surface area contributed by atoms with Crippen molar-refractivity contribution in [3.05, 3.63) is 17.6 Å². The van der Waals surface area contributed by atoms with Gasteiger partial charge in [-0.15, -0.1) is 0 Å². The standard InChI is InChI=1S/C15H23N3/c1-3-14-8-15(17-11(2)16-14)18(9-12-4-5-12)10-13-6-7-13/h8,12-13H,3-7,9-10H2,1-2H3. The molecule has 3 rings (SSSR count). The van der Waals surface area contributed by atoms with Crippen molar-refractivity contribution < 1.29 is 0 Å². The van der Waals surface area contributed by atoms with E-state index in [0.717, 1.165) is 29.9 Å². The molecular weight excluding hydrogens is 222 g/mol. The zero-order chi connectivity index (χ0) is 12.5. The summed E-state index contributed by atoms with van der Waals surface area (Å²) in [6, 6.07) is 2.19. The lowest BCUT2D eigenvalue weighted by atomic mass is 10.2. The normalized spacial score (nSPS) is 19.0. The highest BCUT2D eigenvalue weighted by Crippen LogP contribution is 2.35. The molecule has 18 heavy (non-hydrogen) atoms. The predicted octanol–water partition coefficient (Wildman–Crippen LogP) is 2.97. The number of rotatable bonds is 6. The Bertz CT molecular complexity index is 408. The van der Waals surface area contributed by atoms with Crippen LogP contribution in [0.1, 0.15) is 44.1 Å². The molecule has 0 bridgehead atoms. The minimum Gasteiger partial charge on any atom is -0.356 e. The van der Waals surface area contributed by atoms with E-state index >= 15 is 0 Å². The first-order valence-electron chi connectivity index (χ1n) is 7.34. The van der Waals surface area contributed by atoms with E-state index in [1.54, 1.807) is 0 Å². The molecular formula is C15H23N3. The fourth-order valence-electron chi connectivity index (χ4n) is 2.44. The van der Waals surface area contributed by atoms with Crippen LogP contribution in [-0.2, 0) is 6.42 Å². The van der Waals surface area contributed by atoms with Crippen molar-refractivity contribution in [1.82, 2.24) is 9.97 Å². The maximum atomic E-state index is 4.66. The monoisotopic (exact) mass is 245 g/mol. The minimum absolute atomic E-state index is 0.918. The van der Waals surface area contributed by atoms with Crippen LogP contribution in [0.4, 0.5) is 5.82 Å². The van der Waals surface area contributed by atoms with Crippen LogP contribution in [0.2, 0.25) is 0 Å². The molecule has 1 heterocycles. The first-order chi connectivity index (χ1) is 8.74. The molecule has 3 nitrogen and oxygen atoms in total. The zero-order valence-corrected chi connectivity index (χ0v) is 11.5. The van der Waals surface area contributed by atoms with Gasteiger partial charge in [0.25, 0.3) is 0 Å². The Balaban J connectivity index is 1.79. The lowest BCUT2D eigenvalue weighted by Crippen LogP contribution is -2.29. The van der Waals surface area contributed by atoms with Crippen molar-refractivity contribution in [1.29, 1.82) is 0 Å². The maximum Gasteiger partial charge on any atom is 0.132 e. The fourth-order valence-corrected chi connectivity index (χ4v) is 2.44.